The Morgan fingerprint density at radius 3 is 2.61 bits per heavy atom. The molecule has 0 radical (unpaired) electrons. The lowest BCUT2D eigenvalue weighted by Crippen LogP contribution is -2.53. The highest BCUT2D eigenvalue weighted by molar-refractivity contribution is 5.78. The summed E-state index contributed by atoms with van der Waals surface area (Å²) in [4.78, 5) is 23.6. The summed E-state index contributed by atoms with van der Waals surface area (Å²) < 4.78 is 7.13. The number of carbonyl (C=O) groups excluding carboxylic acids is 1. The van der Waals surface area contributed by atoms with Gasteiger partial charge in [0, 0.05) is 25.3 Å². The molecule has 2 N–H and O–H groups in total. The number of nitrogens with one attached hydrogen (secondary N) is 1. The topological polar surface area (TPSA) is 93.5 Å². The highest BCUT2D eigenvalue weighted by Gasteiger charge is 2.36. The normalized spacial score (nSPS) is 18.4. The Labute approximate surface area is 136 Å². The van der Waals surface area contributed by atoms with Gasteiger partial charge in [0.1, 0.15) is 0 Å². The third-order valence-electron chi connectivity index (χ3n) is 4.29. The van der Waals surface area contributed by atoms with Crippen LogP contribution in [-0.2, 0) is 14.3 Å². The van der Waals surface area contributed by atoms with E-state index < -0.39 is 11.5 Å². The average Bonchev–Trinajstić information content (AvgIpc) is 2.77. The second kappa shape index (κ2) is 7.12. The van der Waals surface area contributed by atoms with Gasteiger partial charge in [0.25, 0.3) is 0 Å². The number of nitrogens with zero attached hydrogens (tertiary/aromatic N) is 2. The molecule has 128 valence electrons. The Balaban J connectivity index is 2.01. The molecule has 2 rings (SSSR count). The summed E-state index contributed by atoms with van der Waals surface area (Å²) in [7, 11) is 0. The van der Waals surface area contributed by atoms with Crippen LogP contribution in [-0.4, -0.2) is 45.5 Å². The number of hydrogen-bond acceptors (Lipinski definition) is 4. The maximum absolute atomic E-state index is 12.4. The molecule has 1 fully saturated rings. The first-order valence-electron chi connectivity index (χ1n) is 7.95. The molecule has 1 saturated heterocycles. The van der Waals surface area contributed by atoms with Crippen molar-refractivity contribution in [2.75, 3.05) is 13.2 Å². The first-order valence-corrected chi connectivity index (χ1v) is 7.95. The van der Waals surface area contributed by atoms with Gasteiger partial charge in [-0.1, -0.05) is 0 Å². The number of hydrogen-bond donors (Lipinski definition) is 2. The molecule has 1 amide bonds. The number of amides is 1. The van der Waals surface area contributed by atoms with Crippen molar-refractivity contribution in [3.8, 4) is 0 Å². The Morgan fingerprint density at radius 2 is 2.09 bits per heavy atom. The Hall–Kier alpha value is -1.89. The molecule has 0 aromatic carbocycles. The maximum Gasteiger partial charge on any atom is 0.305 e. The van der Waals surface area contributed by atoms with Gasteiger partial charge in [-0.05, 0) is 39.7 Å². The molecule has 0 spiro atoms. The molecule has 1 aromatic rings. The lowest BCUT2D eigenvalue weighted by Gasteiger charge is -2.37. The van der Waals surface area contributed by atoms with Crippen LogP contribution in [0.5, 0.6) is 0 Å². The van der Waals surface area contributed by atoms with Crippen LogP contribution < -0.4 is 5.32 Å². The summed E-state index contributed by atoms with van der Waals surface area (Å²) in [6, 6.07) is 1.89. The van der Waals surface area contributed by atoms with Gasteiger partial charge in [-0.3, -0.25) is 14.3 Å². The van der Waals surface area contributed by atoms with E-state index in [2.05, 4.69) is 10.4 Å². The molecule has 1 aliphatic rings. The zero-order chi connectivity index (χ0) is 17.0. The smallest absolute Gasteiger partial charge is 0.305 e. The molecule has 1 aliphatic heterocycles. The summed E-state index contributed by atoms with van der Waals surface area (Å²) in [5.74, 6) is -1.05. The predicted molar refractivity (Wildman–Crippen MR) is 84.2 cm³/mol. The zero-order valence-corrected chi connectivity index (χ0v) is 14.0. The van der Waals surface area contributed by atoms with E-state index in [1.54, 1.807) is 0 Å². The number of carbonyl (C=O) groups is 2. The van der Waals surface area contributed by atoms with E-state index in [0.717, 1.165) is 11.4 Å². The SMILES string of the molecule is Cc1cc(C)n(C(C)CC(=O)NC2(CC(=O)O)CCOCC2)n1. The minimum atomic E-state index is -0.904. The van der Waals surface area contributed by atoms with Crippen molar-refractivity contribution >= 4 is 11.9 Å². The van der Waals surface area contributed by atoms with E-state index in [-0.39, 0.29) is 24.8 Å². The summed E-state index contributed by atoms with van der Waals surface area (Å²) in [6.07, 6.45) is 1.25. The average molecular weight is 323 g/mol. The van der Waals surface area contributed by atoms with Gasteiger partial charge in [-0.25, -0.2) is 0 Å². The van der Waals surface area contributed by atoms with Gasteiger partial charge in [0.15, 0.2) is 0 Å². The minimum absolute atomic E-state index is 0.0730. The second-order valence-corrected chi connectivity index (χ2v) is 6.44. The van der Waals surface area contributed by atoms with Crippen molar-refractivity contribution in [2.24, 2.45) is 0 Å². The highest BCUT2D eigenvalue weighted by Crippen LogP contribution is 2.25. The number of rotatable bonds is 6. The number of ether oxygens (including phenoxy) is 1. The first kappa shape index (κ1) is 17.5. The lowest BCUT2D eigenvalue weighted by molar-refractivity contribution is -0.140. The number of aliphatic carboxylic acids is 1. The number of aromatic nitrogens is 2. The largest absolute Gasteiger partial charge is 0.481 e. The third kappa shape index (κ3) is 4.54. The summed E-state index contributed by atoms with van der Waals surface area (Å²) in [6.45, 7) is 6.76. The quantitative estimate of drug-likeness (QED) is 0.829. The van der Waals surface area contributed by atoms with Gasteiger partial charge in [0.2, 0.25) is 5.91 Å². The predicted octanol–water partition coefficient (Wildman–Crippen LogP) is 1.59. The number of aryl methyl sites for hydroxylation is 2. The van der Waals surface area contributed by atoms with Crippen molar-refractivity contribution in [3.05, 3.63) is 17.5 Å². The molecule has 0 saturated carbocycles. The highest BCUT2D eigenvalue weighted by atomic mass is 16.5. The Morgan fingerprint density at radius 1 is 1.43 bits per heavy atom. The van der Waals surface area contributed by atoms with Gasteiger partial charge < -0.3 is 15.2 Å². The summed E-state index contributed by atoms with van der Waals surface area (Å²) in [5.41, 5.74) is 1.23. The van der Waals surface area contributed by atoms with Crippen LogP contribution in [0.2, 0.25) is 0 Å². The van der Waals surface area contributed by atoms with Crippen LogP contribution in [0.3, 0.4) is 0 Å². The molecule has 0 aliphatic carbocycles. The van der Waals surface area contributed by atoms with Crippen LogP contribution >= 0.6 is 0 Å². The van der Waals surface area contributed by atoms with Crippen LogP contribution in [0.1, 0.15) is 50.0 Å². The van der Waals surface area contributed by atoms with E-state index in [9.17, 15) is 9.59 Å². The molecule has 1 unspecified atom stereocenters. The number of carboxylic acids is 1. The van der Waals surface area contributed by atoms with Gasteiger partial charge in [-0.15, -0.1) is 0 Å². The molecule has 7 nitrogen and oxygen atoms in total. The van der Waals surface area contributed by atoms with Gasteiger partial charge in [0.05, 0.1) is 23.7 Å². The number of carboxylic acid groups (broad SMARTS) is 1. The van der Waals surface area contributed by atoms with Crippen LogP contribution in [0.15, 0.2) is 6.07 Å². The van der Waals surface area contributed by atoms with Crippen LogP contribution in [0.25, 0.3) is 0 Å². The zero-order valence-electron chi connectivity index (χ0n) is 14.0. The lowest BCUT2D eigenvalue weighted by atomic mass is 9.86. The molecular weight excluding hydrogens is 298 g/mol. The molecule has 0 bridgehead atoms. The molecule has 2 heterocycles. The Bertz CT molecular complexity index is 576. The van der Waals surface area contributed by atoms with Gasteiger partial charge >= 0.3 is 5.97 Å². The van der Waals surface area contributed by atoms with Gasteiger partial charge in [-0.2, -0.15) is 5.10 Å². The van der Waals surface area contributed by atoms with Crippen molar-refractivity contribution in [2.45, 2.75) is 58.0 Å². The minimum Gasteiger partial charge on any atom is -0.481 e. The fourth-order valence-electron chi connectivity index (χ4n) is 3.19. The summed E-state index contributed by atoms with van der Waals surface area (Å²) in [5, 5.41) is 16.5. The van der Waals surface area contributed by atoms with Crippen LogP contribution in [0, 0.1) is 13.8 Å². The van der Waals surface area contributed by atoms with Crippen molar-refractivity contribution in [1.82, 2.24) is 15.1 Å². The fraction of sp³-hybridized carbons (Fsp3) is 0.688. The van der Waals surface area contributed by atoms with E-state index in [1.807, 2.05) is 31.5 Å². The first-order chi connectivity index (χ1) is 10.8. The molecule has 7 heteroatoms. The maximum atomic E-state index is 12.4. The molecule has 23 heavy (non-hydrogen) atoms. The van der Waals surface area contributed by atoms with Crippen LogP contribution in [0.4, 0.5) is 0 Å². The fourth-order valence-corrected chi connectivity index (χ4v) is 3.19. The van der Waals surface area contributed by atoms with E-state index >= 15 is 0 Å². The summed E-state index contributed by atoms with van der Waals surface area (Å²) >= 11 is 0. The van der Waals surface area contributed by atoms with E-state index in [1.165, 1.54) is 0 Å². The van der Waals surface area contributed by atoms with Crippen molar-refractivity contribution in [3.63, 3.8) is 0 Å². The van der Waals surface area contributed by atoms with Crippen molar-refractivity contribution in [1.29, 1.82) is 0 Å². The monoisotopic (exact) mass is 323 g/mol. The molecular formula is C16H25N3O4. The Kier molecular flexibility index (Phi) is 5.41. The van der Waals surface area contributed by atoms with E-state index in [0.29, 0.717) is 26.1 Å². The standard InChI is InChI=1S/C16H25N3O4/c1-11-8-12(2)19(18-11)13(3)9-14(20)17-16(10-15(21)22)4-6-23-7-5-16/h8,13H,4-7,9-10H2,1-3H3,(H,17,20)(H,21,22). The van der Waals surface area contributed by atoms with E-state index in [4.69, 9.17) is 9.84 Å². The molecule has 1 aromatic heterocycles. The third-order valence-corrected chi connectivity index (χ3v) is 4.29. The van der Waals surface area contributed by atoms with Crippen molar-refractivity contribution < 1.29 is 19.4 Å². The molecule has 1 atom stereocenters. The second-order valence-electron chi connectivity index (χ2n) is 6.44.